The Bertz CT molecular complexity index is 1080. The standard InChI is InChI=1S/C23H30N2O6S2/c1-5-29-19-11-16(12-20(30-6-2)23(19)31-7-3)14-24-33(27,28)17-8-9-21-18(13-17)25-22(26)10-15(4)32-21/h8-9,11-13,15,24H,5-7,10,14H2,1-4H3,(H,25,26)/t15-/m0/s1. The van der Waals surface area contributed by atoms with Gasteiger partial charge in [-0.05, 0) is 56.7 Å². The van der Waals surface area contributed by atoms with Crippen LogP contribution >= 0.6 is 11.8 Å². The van der Waals surface area contributed by atoms with Crippen molar-refractivity contribution in [2.24, 2.45) is 0 Å². The number of hydrogen-bond donors (Lipinski definition) is 2. The molecule has 2 N–H and O–H groups in total. The molecule has 1 amide bonds. The topological polar surface area (TPSA) is 103 Å². The van der Waals surface area contributed by atoms with Gasteiger partial charge in [-0.2, -0.15) is 0 Å². The van der Waals surface area contributed by atoms with Gasteiger partial charge in [-0.15, -0.1) is 11.8 Å². The Hall–Kier alpha value is -2.43. The molecule has 0 bridgehead atoms. The quantitative estimate of drug-likeness (QED) is 0.511. The zero-order valence-corrected chi connectivity index (χ0v) is 20.9. The summed E-state index contributed by atoms with van der Waals surface area (Å²) in [5, 5.41) is 2.92. The van der Waals surface area contributed by atoms with E-state index in [1.165, 1.54) is 6.07 Å². The Balaban J connectivity index is 1.85. The van der Waals surface area contributed by atoms with Gasteiger partial charge >= 0.3 is 0 Å². The van der Waals surface area contributed by atoms with Crippen molar-refractivity contribution >= 4 is 33.4 Å². The predicted molar refractivity (Wildman–Crippen MR) is 129 cm³/mol. The predicted octanol–water partition coefficient (Wildman–Crippen LogP) is 4.18. The molecule has 180 valence electrons. The number of carbonyl (C=O) groups is 1. The lowest BCUT2D eigenvalue weighted by molar-refractivity contribution is -0.116. The van der Waals surface area contributed by atoms with E-state index >= 15 is 0 Å². The molecule has 1 atom stereocenters. The zero-order valence-electron chi connectivity index (χ0n) is 19.3. The van der Waals surface area contributed by atoms with Crippen LogP contribution in [0.3, 0.4) is 0 Å². The van der Waals surface area contributed by atoms with Crippen LogP contribution in [0.2, 0.25) is 0 Å². The Morgan fingerprint density at radius 1 is 1.03 bits per heavy atom. The first-order chi connectivity index (χ1) is 15.8. The van der Waals surface area contributed by atoms with Crippen molar-refractivity contribution < 1.29 is 27.4 Å². The van der Waals surface area contributed by atoms with Gasteiger partial charge in [-0.1, -0.05) is 6.92 Å². The molecule has 1 aliphatic heterocycles. The van der Waals surface area contributed by atoms with Crippen LogP contribution in [0.5, 0.6) is 17.2 Å². The molecular weight excluding hydrogens is 464 g/mol. The fraction of sp³-hybridized carbons (Fsp3) is 0.435. The largest absolute Gasteiger partial charge is 0.490 e. The van der Waals surface area contributed by atoms with Gasteiger partial charge in [0.2, 0.25) is 21.7 Å². The molecule has 0 aromatic heterocycles. The molecule has 0 radical (unpaired) electrons. The lowest BCUT2D eigenvalue weighted by Gasteiger charge is -2.17. The van der Waals surface area contributed by atoms with E-state index in [-0.39, 0.29) is 22.6 Å². The Morgan fingerprint density at radius 3 is 2.27 bits per heavy atom. The summed E-state index contributed by atoms with van der Waals surface area (Å²) in [5.41, 5.74) is 1.18. The van der Waals surface area contributed by atoms with Gasteiger partial charge in [-0.3, -0.25) is 4.79 Å². The van der Waals surface area contributed by atoms with E-state index in [0.717, 1.165) is 4.90 Å². The molecule has 0 saturated heterocycles. The third-order valence-electron chi connectivity index (χ3n) is 4.77. The summed E-state index contributed by atoms with van der Waals surface area (Å²) in [7, 11) is -3.83. The fourth-order valence-corrected chi connectivity index (χ4v) is 5.50. The number of ether oxygens (including phenoxy) is 3. The molecule has 0 fully saturated rings. The SMILES string of the molecule is CCOc1cc(CNS(=O)(=O)c2ccc3c(c2)NC(=O)C[C@H](C)S3)cc(OCC)c1OCC. The number of hydrogen-bond acceptors (Lipinski definition) is 7. The van der Waals surface area contributed by atoms with Crippen LogP contribution in [0.1, 0.15) is 39.7 Å². The smallest absolute Gasteiger partial charge is 0.240 e. The Labute approximate surface area is 199 Å². The summed E-state index contributed by atoms with van der Waals surface area (Å²) in [5.74, 6) is 1.37. The number of fused-ring (bicyclic) bond motifs is 1. The monoisotopic (exact) mass is 494 g/mol. The molecule has 1 aliphatic rings. The van der Waals surface area contributed by atoms with Crippen molar-refractivity contribution in [3.63, 3.8) is 0 Å². The van der Waals surface area contributed by atoms with Crippen LogP contribution in [-0.2, 0) is 21.4 Å². The summed E-state index contributed by atoms with van der Waals surface area (Å²) in [6.07, 6.45) is 0.377. The molecule has 3 rings (SSSR count). The number of sulfonamides is 1. The molecule has 10 heteroatoms. The lowest BCUT2D eigenvalue weighted by atomic mass is 10.2. The van der Waals surface area contributed by atoms with Crippen LogP contribution in [0.25, 0.3) is 0 Å². The van der Waals surface area contributed by atoms with Gasteiger partial charge in [0.15, 0.2) is 11.5 Å². The second-order valence-electron chi connectivity index (χ2n) is 7.38. The summed E-state index contributed by atoms with van der Waals surface area (Å²) in [6.45, 7) is 8.90. The summed E-state index contributed by atoms with van der Waals surface area (Å²) < 4.78 is 45.7. The fourth-order valence-electron chi connectivity index (χ4n) is 3.40. The minimum atomic E-state index is -3.83. The van der Waals surface area contributed by atoms with Gasteiger partial charge in [0.1, 0.15) is 0 Å². The molecule has 2 aromatic rings. The van der Waals surface area contributed by atoms with E-state index in [4.69, 9.17) is 14.2 Å². The van der Waals surface area contributed by atoms with E-state index in [9.17, 15) is 13.2 Å². The maximum atomic E-state index is 13.0. The van der Waals surface area contributed by atoms with Gasteiger partial charge in [0.05, 0.1) is 30.4 Å². The van der Waals surface area contributed by atoms with Gasteiger partial charge < -0.3 is 19.5 Å². The lowest BCUT2D eigenvalue weighted by Crippen LogP contribution is -2.23. The third-order valence-corrected chi connectivity index (χ3v) is 7.35. The minimum Gasteiger partial charge on any atom is -0.490 e. The number of nitrogens with one attached hydrogen (secondary N) is 2. The summed E-state index contributed by atoms with van der Waals surface area (Å²) in [6, 6.07) is 8.27. The number of amides is 1. The van der Waals surface area contributed by atoms with Crippen molar-refractivity contribution in [3.05, 3.63) is 35.9 Å². The van der Waals surface area contributed by atoms with Gasteiger partial charge in [-0.25, -0.2) is 13.1 Å². The number of carbonyl (C=O) groups excluding carboxylic acids is 1. The van der Waals surface area contributed by atoms with Crippen LogP contribution in [0.15, 0.2) is 40.1 Å². The molecule has 2 aromatic carbocycles. The van der Waals surface area contributed by atoms with Gasteiger partial charge in [0.25, 0.3) is 0 Å². The minimum absolute atomic E-state index is 0.0319. The highest BCUT2D eigenvalue weighted by Gasteiger charge is 2.23. The molecule has 0 saturated carbocycles. The average Bonchev–Trinajstić information content (AvgIpc) is 2.90. The van der Waals surface area contributed by atoms with E-state index in [1.807, 2.05) is 27.7 Å². The number of rotatable bonds is 10. The van der Waals surface area contributed by atoms with Crippen molar-refractivity contribution in [2.45, 2.75) is 55.7 Å². The van der Waals surface area contributed by atoms with Crippen LogP contribution in [-0.4, -0.2) is 39.4 Å². The molecule has 0 spiro atoms. The molecule has 1 heterocycles. The maximum absolute atomic E-state index is 13.0. The zero-order chi connectivity index (χ0) is 24.0. The highest BCUT2D eigenvalue weighted by atomic mass is 32.2. The Morgan fingerprint density at radius 2 is 1.67 bits per heavy atom. The first-order valence-electron chi connectivity index (χ1n) is 10.9. The maximum Gasteiger partial charge on any atom is 0.240 e. The van der Waals surface area contributed by atoms with Crippen molar-refractivity contribution in [1.82, 2.24) is 4.72 Å². The molecule has 0 unspecified atom stereocenters. The van der Waals surface area contributed by atoms with Crippen molar-refractivity contribution in [2.75, 3.05) is 25.1 Å². The van der Waals surface area contributed by atoms with Crippen LogP contribution in [0.4, 0.5) is 5.69 Å². The first-order valence-corrected chi connectivity index (χ1v) is 13.3. The molecule has 33 heavy (non-hydrogen) atoms. The van der Waals surface area contributed by atoms with E-state index in [0.29, 0.717) is 54.7 Å². The van der Waals surface area contributed by atoms with Gasteiger partial charge in [0, 0.05) is 23.1 Å². The second kappa shape index (κ2) is 11.1. The normalized spacial score (nSPS) is 15.9. The summed E-state index contributed by atoms with van der Waals surface area (Å²) >= 11 is 1.55. The number of anilines is 1. The second-order valence-corrected chi connectivity index (χ2v) is 10.6. The molecule has 8 nitrogen and oxygen atoms in total. The highest BCUT2D eigenvalue weighted by Crippen LogP contribution is 2.39. The highest BCUT2D eigenvalue weighted by molar-refractivity contribution is 8.00. The van der Waals surface area contributed by atoms with E-state index < -0.39 is 10.0 Å². The van der Waals surface area contributed by atoms with E-state index in [1.54, 1.807) is 36.0 Å². The molecule has 0 aliphatic carbocycles. The molecular formula is C23H30N2O6S2. The first kappa shape index (κ1) is 25.2. The number of benzene rings is 2. The van der Waals surface area contributed by atoms with Crippen LogP contribution in [0, 0.1) is 0 Å². The average molecular weight is 495 g/mol. The Kier molecular flexibility index (Phi) is 8.50. The van der Waals surface area contributed by atoms with Crippen molar-refractivity contribution in [3.8, 4) is 17.2 Å². The van der Waals surface area contributed by atoms with Crippen LogP contribution < -0.4 is 24.2 Å². The summed E-state index contributed by atoms with van der Waals surface area (Å²) in [4.78, 5) is 13.0. The van der Waals surface area contributed by atoms with E-state index in [2.05, 4.69) is 10.0 Å². The third kappa shape index (κ3) is 6.33. The van der Waals surface area contributed by atoms with Crippen molar-refractivity contribution in [1.29, 1.82) is 0 Å². The number of thioether (sulfide) groups is 1.